The van der Waals surface area contributed by atoms with Crippen molar-refractivity contribution < 1.29 is 19.0 Å². The number of carbonyl (C=O) groups is 1. The van der Waals surface area contributed by atoms with Gasteiger partial charge in [0.1, 0.15) is 11.5 Å². The SMILES string of the molecule is COc1cc(N)c(Cl)cc1C(=O)NC1CCN(CCCOc2ccc(N)cc2)CC1OC. The van der Waals surface area contributed by atoms with Crippen molar-refractivity contribution in [1.82, 2.24) is 10.2 Å². The van der Waals surface area contributed by atoms with E-state index >= 15 is 0 Å². The Labute approximate surface area is 193 Å². The maximum atomic E-state index is 12.9. The first kappa shape index (κ1) is 24.0. The molecule has 2 aromatic rings. The Morgan fingerprint density at radius 1 is 1.22 bits per heavy atom. The zero-order chi connectivity index (χ0) is 23.1. The molecule has 8 nitrogen and oxygen atoms in total. The van der Waals surface area contributed by atoms with Gasteiger partial charge in [0, 0.05) is 38.5 Å². The second-order valence-corrected chi connectivity index (χ2v) is 8.20. The Hall–Kier alpha value is -2.68. The molecule has 2 unspecified atom stereocenters. The van der Waals surface area contributed by atoms with Gasteiger partial charge in [0.25, 0.3) is 5.91 Å². The molecular weight excluding hydrogens is 432 g/mol. The third-order valence-electron chi connectivity index (χ3n) is 5.59. The lowest BCUT2D eigenvalue weighted by molar-refractivity contribution is 0.00527. The molecule has 0 saturated carbocycles. The second kappa shape index (κ2) is 11.3. The summed E-state index contributed by atoms with van der Waals surface area (Å²) in [4.78, 5) is 15.2. The molecule has 5 N–H and O–H groups in total. The number of ether oxygens (including phenoxy) is 3. The number of nitrogen functional groups attached to an aromatic ring is 2. The summed E-state index contributed by atoms with van der Waals surface area (Å²) in [5, 5.41) is 3.38. The number of likely N-dealkylation sites (tertiary alicyclic amines) is 1. The highest BCUT2D eigenvalue weighted by Gasteiger charge is 2.31. The van der Waals surface area contributed by atoms with Gasteiger partial charge in [-0.1, -0.05) is 11.6 Å². The molecule has 2 aromatic carbocycles. The van der Waals surface area contributed by atoms with Crippen molar-refractivity contribution in [3.63, 3.8) is 0 Å². The number of methoxy groups -OCH3 is 2. The van der Waals surface area contributed by atoms with Crippen LogP contribution in [0.15, 0.2) is 36.4 Å². The largest absolute Gasteiger partial charge is 0.496 e. The first-order valence-electron chi connectivity index (χ1n) is 10.6. The number of carbonyl (C=O) groups excluding carboxylic acids is 1. The van der Waals surface area contributed by atoms with Gasteiger partial charge in [0.05, 0.1) is 42.1 Å². The summed E-state index contributed by atoms with van der Waals surface area (Å²) in [6.45, 7) is 3.09. The molecule has 1 saturated heterocycles. The molecule has 1 fully saturated rings. The number of rotatable bonds is 9. The van der Waals surface area contributed by atoms with E-state index < -0.39 is 0 Å². The normalized spacial score (nSPS) is 18.8. The molecule has 0 aliphatic carbocycles. The van der Waals surface area contributed by atoms with Crippen LogP contribution >= 0.6 is 11.6 Å². The van der Waals surface area contributed by atoms with Crippen LogP contribution in [0.4, 0.5) is 11.4 Å². The third kappa shape index (κ3) is 6.18. The number of halogens is 1. The molecule has 0 spiro atoms. The predicted molar refractivity (Wildman–Crippen MR) is 126 cm³/mol. The van der Waals surface area contributed by atoms with Gasteiger partial charge in [0.2, 0.25) is 0 Å². The predicted octanol–water partition coefficient (Wildman–Crippen LogP) is 2.80. The lowest BCUT2D eigenvalue weighted by Gasteiger charge is -2.38. The maximum absolute atomic E-state index is 12.9. The number of benzene rings is 2. The Kier molecular flexibility index (Phi) is 8.44. The summed E-state index contributed by atoms with van der Waals surface area (Å²) in [5.74, 6) is 0.937. The molecule has 1 heterocycles. The Balaban J connectivity index is 1.49. The summed E-state index contributed by atoms with van der Waals surface area (Å²) in [7, 11) is 3.16. The van der Waals surface area contributed by atoms with Gasteiger partial charge in [-0.2, -0.15) is 0 Å². The summed E-state index contributed by atoms with van der Waals surface area (Å²) >= 11 is 6.10. The number of nitrogens with one attached hydrogen (secondary N) is 1. The minimum absolute atomic E-state index is 0.115. The van der Waals surface area contributed by atoms with Gasteiger partial charge in [-0.05, 0) is 43.2 Å². The van der Waals surface area contributed by atoms with Gasteiger partial charge in [-0.25, -0.2) is 0 Å². The molecule has 0 bridgehead atoms. The van der Waals surface area contributed by atoms with Crippen LogP contribution in [-0.4, -0.2) is 63.4 Å². The Bertz CT molecular complexity index is 910. The first-order valence-corrected chi connectivity index (χ1v) is 11.0. The van der Waals surface area contributed by atoms with E-state index in [0.29, 0.717) is 28.6 Å². The summed E-state index contributed by atoms with van der Waals surface area (Å²) in [6, 6.07) is 10.4. The summed E-state index contributed by atoms with van der Waals surface area (Å²) in [6.07, 6.45) is 1.54. The van der Waals surface area contributed by atoms with Crippen molar-refractivity contribution in [3.05, 3.63) is 47.0 Å². The van der Waals surface area contributed by atoms with Gasteiger partial charge in [0.15, 0.2) is 0 Å². The second-order valence-electron chi connectivity index (χ2n) is 7.79. The highest BCUT2D eigenvalue weighted by Crippen LogP contribution is 2.29. The Morgan fingerprint density at radius 3 is 2.66 bits per heavy atom. The molecule has 0 aromatic heterocycles. The molecule has 9 heteroatoms. The van der Waals surface area contributed by atoms with Gasteiger partial charge in [-0.3, -0.25) is 4.79 Å². The number of nitrogens with two attached hydrogens (primary N) is 2. The number of hydrogen-bond donors (Lipinski definition) is 3. The van der Waals surface area contributed by atoms with E-state index in [1.807, 2.05) is 24.3 Å². The molecule has 2 atom stereocenters. The van der Waals surface area contributed by atoms with Crippen LogP contribution in [0, 0.1) is 0 Å². The fourth-order valence-corrected chi connectivity index (χ4v) is 3.96. The highest BCUT2D eigenvalue weighted by molar-refractivity contribution is 6.33. The van der Waals surface area contributed by atoms with Crippen molar-refractivity contribution in [2.75, 3.05) is 51.9 Å². The fourth-order valence-electron chi connectivity index (χ4n) is 3.79. The number of hydrogen-bond acceptors (Lipinski definition) is 7. The van der Waals surface area contributed by atoms with Crippen molar-refractivity contribution in [3.8, 4) is 11.5 Å². The van der Waals surface area contributed by atoms with E-state index in [1.54, 1.807) is 13.2 Å². The summed E-state index contributed by atoms with van der Waals surface area (Å²) in [5.41, 5.74) is 12.9. The smallest absolute Gasteiger partial charge is 0.255 e. The monoisotopic (exact) mass is 462 g/mol. The van der Waals surface area contributed by atoms with E-state index in [2.05, 4.69) is 10.2 Å². The van der Waals surface area contributed by atoms with Crippen molar-refractivity contribution in [2.45, 2.75) is 25.0 Å². The molecular formula is C23H31ClN4O4. The van der Waals surface area contributed by atoms with Gasteiger partial charge in [-0.15, -0.1) is 0 Å². The van der Waals surface area contributed by atoms with Gasteiger partial charge < -0.3 is 35.9 Å². The lowest BCUT2D eigenvalue weighted by atomic mass is 10.0. The van der Waals surface area contributed by atoms with Crippen molar-refractivity contribution in [1.29, 1.82) is 0 Å². The van der Waals surface area contributed by atoms with Crippen LogP contribution in [0.25, 0.3) is 0 Å². The highest BCUT2D eigenvalue weighted by atomic mass is 35.5. The first-order chi connectivity index (χ1) is 15.4. The molecule has 1 aliphatic rings. The minimum atomic E-state index is -0.263. The van der Waals surface area contributed by atoms with E-state index in [1.165, 1.54) is 13.2 Å². The fraction of sp³-hybridized carbons (Fsp3) is 0.435. The van der Waals surface area contributed by atoms with E-state index in [4.69, 9.17) is 37.3 Å². The van der Waals surface area contributed by atoms with Crippen molar-refractivity contribution in [2.24, 2.45) is 0 Å². The standard InChI is InChI=1S/C23H31ClN4O4/c1-30-21-13-19(26)18(24)12-17(21)23(29)27-20-8-10-28(14-22(20)31-2)9-3-11-32-16-6-4-15(25)5-7-16/h4-7,12-13,20,22H,3,8-11,14,25-26H2,1-2H3,(H,27,29). The van der Waals surface area contributed by atoms with Gasteiger partial charge >= 0.3 is 0 Å². The van der Waals surface area contributed by atoms with Crippen molar-refractivity contribution >= 4 is 28.9 Å². The van der Waals surface area contributed by atoms with Crippen LogP contribution < -0.4 is 26.3 Å². The quantitative estimate of drug-likeness (QED) is 0.388. The topological polar surface area (TPSA) is 112 Å². The number of piperidine rings is 1. The molecule has 3 rings (SSSR count). The zero-order valence-corrected chi connectivity index (χ0v) is 19.2. The molecule has 174 valence electrons. The zero-order valence-electron chi connectivity index (χ0n) is 18.5. The molecule has 0 radical (unpaired) electrons. The van der Waals surface area contributed by atoms with Crippen LogP contribution in [0.1, 0.15) is 23.2 Å². The van der Waals surface area contributed by atoms with Crippen LogP contribution in [-0.2, 0) is 4.74 Å². The minimum Gasteiger partial charge on any atom is -0.496 e. The molecule has 32 heavy (non-hydrogen) atoms. The average molecular weight is 463 g/mol. The lowest BCUT2D eigenvalue weighted by Crippen LogP contribution is -2.55. The molecule has 1 amide bonds. The van der Waals surface area contributed by atoms with E-state index in [0.717, 1.165) is 43.9 Å². The molecule has 1 aliphatic heterocycles. The summed E-state index contributed by atoms with van der Waals surface area (Å²) < 4.78 is 16.7. The number of anilines is 2. The number of nitrogens with zero attached hydrogens (tertiary/aromatic N) is 1. The average Bonchev–Trinajstić information content (AvgIpc) is 2.80. The maximum Gasteiger partial charge on any atom is 0.255 e. The number of amides is 1. The third-order valence-corrected chi connectivity index (χ3v) is 5.92. The van der Waals surface area contributed by atoms with Crippen LogP contribution in [0.3, 0.4) is 0 Å². The van der Waals surface area contributed by atoms with E-state index in [-0.39, 0.29) is 18.1 Å². The van der Waals surface area contributed by atoms with E-state index in [9.17, 15) is 4.79 Å². The van der Waals surface area contributed by atoms with Crippen LogP contribution in [0.5, 0.6) is 11.5 Å². The van der Waals surface area contributed by atoms with Crippen LogP contribution in [0.2, 0.25) is 5.02 Å². The Morgan fingerprint density at radius 2 is 1.97 bits per heavy atom.